The van der Waals surface area contributed by atoms with Gasteiger partial charge in [-0.3, -0.25) is 9.78 Å². The van der Waals surface area contributed by atoms with Gasteiger partial charge in [-0.05, 0) is 112 Å². The lowest BCUT2D eigenvalue weighted by Crippen LogP contribution is -2.48. The number of aryl methyl sites for hydroxylation is 2. The summed E-state index contributed by atoms with van der Waals surface area (Å²) in [6.07, 6.45) is 10.4. The summed E-state index contributed by atoms with van der Waals surface area (Å²) in [5, 5.41) is 12.3. The third-order valence-corrected chi connectivity index (χ3v) is 12.6. The molecule has 6 rings (SSSR count). The van der Waals surface area contributed by atoms with Crippen LogP contribution in [0.1, 0.15) is 78.7 Å². The molecule has 47 heavy (non-hydrogen) atoms. The fourth-order valence-electron chi connectivity index (χ4n) is 7.11. The van der Waals surface area contributed by atoms with Crippen LogP contribution in [0.2, 0.25) is 5.02 Å². The predicted molar refractivity (Wildman–Crippen MR) is 185 cm³/mol. The fourth-order valence-corrected chi connectivity index (χ4v) is 8.59. The van der Waals surface area contributed by atoms with Crippen molar-refractivity contribution in [3.63, 3.8) is 0 Å². The molecule has 8 nitrogen and oxygen atoms in total. The minimum absolute atomic E-state index is 0.0759. The van der Waals surface area contributed by atoms with Gasteiger partial charge in [-0.2, -0.15) is 0 Å². The van der Waals surface area contributed by atoms with Gasteiger partial charge >= 0.3 is 0 Å². The third-order valence-electron chi connectivity index (χ3n) is 10.5. The number of sulfonamides is 1. The zero-order chi connectivity index (χ0) is 33.3. The van der Waals surface area contributed by atoms with Crippen molar-refractivity contribution in [2.75, 3.05) is 18.0 Å². The highest BCUT2D eigenvalue weighted by Gasteiger charge is 2.47. The van der Waals surface area contributed by atoms with Gasteiger partial charge in [-0.15, -0.1) is 0 Å². The number of nitrogens with zero attached hydrogens (tertiary/aromatic N) is 2. The lowest BCUT2D eigenvalue weighted by atomic mass is 9.62. The molecule has 2 bridgehead atoms. The van der Waals surface area contributed by atoms with E-state index in [0.717, 1.165) is 60.2 Å². The minimum atomic E-state index is -3.99. The molecule has 1 aromatic heterocycles. The van der Waals surface area contributed by atoms with Crippen molar-refractivity contribution < 1.29 is 23.1 Å². The van der Waals surface area contributed by atoms with E-state index in [0.29, 0.717) is 36.9 Å². The lowest BCUT2D eigenvalue weighted by molar-refractivity contribution is -0.0501. The molecule has 3 aromatic rings. The summed E-state index contributed by atoms with van der Waals surface area (Å²) in [5.74, 6) is -0.276. The maximum atomic E-state index is 13.5. The Kier molecular flexibility index (Phi) is 9.70. The number of aromatic nitrogens is 1. The van der Waals surface area contributed by atoms with E-state index < -0.39 is 26.8 Å². The molecule has 2 N–H and O–H groups in total. The average Bonchev–Trinajstić information content (AvgIpc) is 3.05. The Balaban J connectivity index is 1.43. The van der Waals surface area contributed by atoms with E-state index in [-0.39, 0.29) is 23.3 Å². The van der Waals surface area contributed by atoms with E-state index >= 15 is 0 Å². The number of nitrogens with one attached hydrogen (secondary N) is 1. The van der Waals surface area contributed by atoms with Crippen molar-refractivity contribution in [1.29, 1.82) is 0 Å². The lowest BCUT2D eigenvalue weighted by Gasteiger charge is -2.48. The highest BCUT2D eigenvalue weighted by molar-refractivity contribution is 7.90. The second-order valence-electron chi connectivity index (χ2n) is 13.5. The summed E-state index contributed by atoms with van der Waals surface area (Å²) < 4.78 is 35.6. The van der Waals surface area contributed by atoms with Gasteiger partial charge in [0.1, 0.15) is 18.0 Å². The summed E-state index contributed by atoms with van der Waals surface area (Å²) in [7, 11) is -3.99. The smallest absolute Gasteiger partial charge is 0.264 e. The quantitative estimate of drug-likeness (QED) is 0.275. The number of rotatable bonds is 1. The molecule has 2 aromatic carbocycles. The van der Waals surface area contributed by atoms with Crippen LogP contribution in [0.15, 0.2) is 66.9 Å². The van der Waals surface area contributed by atoms with Gasteiger partial charge in [0.25, 0.3) is 5.91 Å². The number of benzene rings is 2. The van der Waals surface area contributed by atoms with E-state index in [1.54, 1.807) is 31.3 Å². The number of hydrogen-bond donors (Lipinski definition) is 2. The van der Waals surface area contributed by atoms with Gasteiger partial charge in [0.15, 0.2) is 0 Å². The van der Waals surface area contributed by atoms with Crippen molar-refractivity contribution in [1.82, 2.24) is 9.71 Å². The molecular weight excluding hydrogens is 634 g/mol. The fraction of sp³-hybridized carbons (Fsp3) is 0.459. The molecule has 10 heteroatoms. The van der Waals surface area contributed by atoms with Gasteiger partial charge in [0, 0.05) is 47.0 Å². The standard InChI is InChI=1S/C37H44ClN3O5S/c1-24-7-6-17-37(43,31-13-9-25(2)39-21-31)33-15-11-29(33)22-41-18-5-4-8-27-19-32(38)14-10-30(27)23-46-35-16-12-28(20-34(35)41)36(42)40-47(44,45)26(24)3/h6,9-10,12-14,16-17,19-21,24,26,29,33,43H,4-5,7-8,11,15,18,22-23H2,1-3H3,(H,40,42)/b17-6+/t24-,26+,29-,33+,37-/m0/s1. The van der Waals surface area contributed by atoms with Crippen LogP contribution < -0.4 is 14.4 Å². The van der Waals surface area contributed by atoms with Crippen molar-refractivity contribution in [2.24, 2.45) is 17.8 Å². The number of amides is 1. The molecule has 2 aliphatic heterocycles. The number of ether oxygens (including phenoxy) is 1. The first-order chi connectivity index (χ1) is 22.4. The number of carbonyl (C=O) groups is 1. The maximum Gasteiger partial charge on any atom is 0.264 e. The van der Waals surface area contributed by atoms with Crippen LogP contribution in [0.25, 0.3) is 0 Å². The molecule has 1 fully saturated rings. The van der Waals surface area contributed by atoms with E-state index in [1.807, 2.05) is 56.3 Å². The minimum Gasteiger partial charge on any atom is -0.487 e. The van der Waals surface area contributed by atoms with Gasteiger partial charge in [-0.1, -0.05) is 42.8 Å². The van der Waals surface area contributed by atoms with E-state index in [9.17, 15) is 18.3 Å². The van der Waals surface area contributed by atoms with Gasteiger partial charge in [0.05, 0.1) is 10.9 Å². The van der Waals surface area contributed by atoms with Crippen molar-refractivity contribution in [2.45, 2.75) is 76.8 Å². The molecule has 1 saturated carbocycles. The molecule has 1 amide bonds. The van der Waals surface area contributed by atoms with E-state index in [4.69, 9.17) is 16.3 Å². The first-order valence-corrected chi connectivity index (χ1v) is 18.6. The van der Waals surface area contributed by atoms with Gasteiger partial charge in [0.2, 0.25) is 10.0 Å². The number of carbonyl (C=O) groups excluding carboxylic acids is 1. The van der Waals surface area contributed by atoms with Crippen LogP contribution in [-0.2, 0) is 28.7 Å². The summed E-state index contributed by atoms with van der Waals surface area (Å²) in [4.78, 5) is 20.2. The Hall–Kier alpha value is -3.40. The highest BCUT2D eigenvalue weighted by Crippen LogP contribution is 2.49. The van der Waals surface area contributed by atoms with Crippen molar-refractivity contribution in [3.8, 4) is 5.75 Å². The summed E-state index contributed by atoms with van der Waals surface area (Å²) in [6.45, 7) is 7.07. The zero-order valence-corrected chi connectivity index (χ0v) is 28.9. The van der Waals surface area contributed by atoms with E-state index in [1.165, 1.54) is 0 Å². The number of halogens is 1. The summed E-state index contributed by atoms with van der Waals surface area (Å²) in [6, 6.07) is 14.9. The number of allylic oxidation sites excluding steroid dienone is 1. The van der Waals surface area contributed by atoms with Crippen LogP contribution in [0.5, 0.6) is 5.75 Å². The number of hydrogen-bond acceptors (Lipinski definition) is 7. The number of pyridine rings is 1. The molecule has 0 radical (unpaired) electrons. The first kappa shape index (κ1) is 33.5. The average molecular weight is 678 g/mol. The van der Waals surface area contributed by atoms with Crippen LogP contribution in [0, 0.1) is 24.7 Å². The molecule has 3 aliphatic rings. The number of anilines is 1. The molecule has 1 aliphatic carbocycles. The molecule has 0 saturated heterocycles. The van der Waals surface area contributed by atoms with Crippen molar-refractivity contribution >= 4 is 33.2 Å². The predicted octanol–water partition coefficient (Wildman–Crippen LogP) is 6.72. The Labute approximate surface area is 283 Å². The second kappa shape index (κ2) is 13.6. The topological polar surface area (TPSA) is 109 Å². The van der Waals surface area contributed by atoms with Crippen LogP contribution in [0.4, 0.5) is 5.69 Å². The van der Waals surface area contributed by atoms with Crippen LogP contribution >= 0.6 is 11.6 Å². The number of fused-ring (bicyclic) bond motifs is 3. The third kappa shape index (κ3) is 7.08. The Bertz CT molecular complexity index is 1760. The molecule has 250 valence electrons. The van der Waals surface area contributed by atoms with Crippen LogP contribution in [0.3, 0.4) is 0 Å². The second-order valence-corrected chi connectivity index (χ2v) is 16.0. The highest BCUT2D eigenvalue weighted by atomic mass is 35.5. The Morgan fingerprint density at radius 1 is 1.06 bits per heavy atom. The van der Waals surface area contributed by atoms with Crippen LogP contribution in [-0.4, -0.2) is 42.8 Å². The first-order valence-electron chi connectivity index (χ1n) is 16.6. The zero-order valence-electron chi connectivity index (χ0n) is 27.3. The largest absolute Gasteiger partial charge is 0.487 e. The molecular formula is C37H44ClN3O5S. The molecule has 5 atom stereocenters. The summed E-state index contributed by atoms with van der Waals surface area (Å²) >= 11 is 6.35. The summed E-state index contributed by atoms with van der Waals surface area (Å²) in [5.41, 5.74) is 3.54. The SMILES string of the molecule is Cc1ccc([C@@]2(O)/C=C/C[C@H](C)[C@@H](C)S(=O)(=O)NC(=O)c3ccc4c(c3)N(CCCCc3cc(Cl)ccc3CO4)C[C@@H]3CC[C@H]32)cn1. The van der Waals surface area contributed by atoms with Gasteiger partial charge < -0.3 is 14.7 Å². The molecule has 0 spiro atoms. The molecule has 3 heterocycles. The maximum absolute atomic E-state index is 13.5. The number of aliphatic hydroxyl groups is 1. The molecule has 0 unspecified atom stereocenters. The normalized spacial score (nSPS) is 28.7. The monoisotopic (exact) mass is 677 g/mol. The van der Waals surface area contributed by atoms with Gasteiger partial charge in [-0.25, -0.2) is 13.1 Å². The Morgan fingerprint density at radius 3 is 2.64 bits per heavy atom. The Morgan fingerprint density at radius 2 is 1.89 bits per heavy atom. The van der Waals surface area contributed by atoms with Crippen molar-refractivity contribution in [3.05, 3.63) is 99.9 Å². The van der Waals surface area contributed by atoms with E-state index in [2.05, 4.69) is 14.6 Å².